The quantitative estimate of drug-likeness (QED) is 0.778. The van der Waals surface area contributed by atoms with E-state index < -0.39 is 0 Å². The molecule has 0 unspecified atom stereocenters. The van der Waals surface area contributed by atoms with Crippen molar-refractivity contribution in [2.45, 2.75) is 12.8 Å². The van der Waals surface area contributed by atoms with Gasteiger partial charge in [-0.1, -0.05) is 15.9 Å². The molecular formula is C11H11Br2NO2. The Balaban J connectivity index is 2.19. The van der Waals surface area contributed by atoms with Gasteiger partial charge in [-0.15, -0.1) is 0 Å². The van der Waals surface area contributed by atoms with Crippen molar-refractivity contribution in [3.63, 3.8) is 0 Å². The van der Waals surface area contributed by atoms with Gasteiger partial charge in [0, 0.05) is 15.5 Å². The standard InChI is InChI=1S/C11H11Br2NO2/c12-8-3-4-9(10(13)7-8)11(15)14-5-1-2-6-16-14/h3-4,7H,1-2,5-6H2. The molecule has 0 aliphatic carbocycles. The summed E-state index contributed by atoms with van der Waals surface area (Å²) in [5, 5.41) is 1.44. The molecule has 0 bridgehead atoms. The van der Waals surface area contributed by atoms with Gasteiger partial charge in [0.2, 0.25) is 0 Å². The molecule has 0 N–H and O–H groups in total. The lowest BCUT2D eigenvalue weighted by atomic mass is 10.2. The van der Waals surface area contributed by atoms with Crippen molar-refractivity contribution in [2.75, 3.05) is 13.2 Å². The first-order chi connectivity index (χ1) is 7.68. The molecule has 86 valence electrons. The van der Waals surface area contributed by atoms with Crippen LogP contribution in [0.25, 0.3) is 0 Å². The molecule has 1 aliphatic heterocycles. The third-order valence-corrected chi connectivity index (χ3v) is 3.54. The summed E-state index contributed by atoms with van der Waals surface area (Å²) in [5.74, 6) is -0.0842. The number of hydroxylamine groups is 2. The van der Waals surface area contributed by atoms with E-state index in [1.807, 2.05) is 12.1 Å². The van der Waals surface area contributed by atoms with E-state index in [4.69, 9.17) is 4.84 Å². The van der Waals surface area contributed by atoms with Crippen molar-refractivity contribution >= 4 is 37.8 Å². The van der Waals surface area contributed by atoms with Crippen LogP contribution in [-0.2, 0) is 4.84 Å². The minimum absolute atomic E-state index is 0.0842. The fourth-order valence-electron chi connectivity index (χ4n) is 1.55. The van der Waals surface area contributed by atoms with E-state index in [1.165, 1.54) is 5.06 Å². The molecule has 3 nitrogen and oxygen atoms in total. The van der Waals surface area contributed by atoms with Gasteiger partial charge < -0.3 is 0 Å². The van der Waals surface area contributed by atoms with Gasteiger partial charge in [0.25, 0.3) is 5.91 Å². The van der Waals surface area contributed by atoms with E-state index in [1.54, 1.807) is 6.07 Å². The fraction of sp³-hybridized carbons (Fsp3) is 0.364. The molecule has 1 aliphatic rings. The maximum Gasteiger partial charge on any atom is 0.278 e. The Bertz CT molecular complexity index is 403. The smallest absolute Gasteiger partial charge is 0.271 e. The summed E-state index contributed by atoms with van der Waals surface area (Å²) < 4.78 is 1.72. The Morgan fingerprint density at radius 1 is 1.31 bits per heavy atom. The van der Waals surface area contributed by atoms with Crippen LogP contribution in [0.2, 0.25) is 0 Å². The van der Waals surface area contributed by atoms with Crippen molar-refractivity contribution in [2.24, 2.45) is 0 Å². The number of carbonyl (C=O) groups is 1. The molecule has 5 heteroatoms. The molecule has 16 heavy (non-hydrogen) atoms. The topological polar surface area (TPSA) is 29.5 Å². The van der Waals surface area contributed by atoms with Crippen LogP contribution in [0.5, 0.6) is 0 Å². The first-order valence-electron chi connectivity index (χ1n) is 5.08. The summed E-state index contributed by atoms with van der Waals surface area (Å²) in [7, 11) is 0. The number of rotatable bonds is 1. The highest BCUT2D eigenvalue weighted by atomic mass is 79.9. The molecule has 1 amide bonds. The third-order valence-electron chi connectivity index (χ3n) is 2.39. The predicted octanol–water partition coefficient (Wildman–Crippen LogP) is 3.38. The summed E-state index contributed by atoms with van der Waals surface area (Å²) in [6, 6.07) is 5.49. The van der Waals surface area contributed by atoms with Gasteiger partial charge >= 0.3 is 0 Å². The third kappa shape index (κ3) is 2.64. The van der Waals surface area contributed by atoms with Gasteiger partial charge in [0.15, 0.2) is 0 Å². The molecule has 1 aromatic rings. The van der Waals surface area contributed by atoms with Crippen LogP contribution in [-0.4, -0.2) is 24.1 Å². The zero-order chi connectivity index (χ0) is 11.5. The average Bonchev–Trinajstić information content (AvgIpc) is 2.29. The van der Waals surface area contributed by atoms with Crippen molar-refractivity contribution < 1.29 is 9.63 Å². The molecule has 0 aromatic heterocycles. The molecule has 0 saturated carbocycles. The Morgan fingerprint density at radius 3 is 2.75 bits per heavy atom. The Labute approximate surface area is 111 Å². The summed E-state index contributed by atoms with van der Waals surface area (Å²) >= 11 is 6.74. The lowest BCUT2D eigenvalue weighted by Gasteiger charge is -2.26. The molecule has 0 atom stereocenters. The van der Waals surface area contributed by atoms with E-state index in [0.29, 0.717) is 18.7 Å². The minimum Gasteiger partial charge on any atom is -0.271 e. The molecule has 2 rings (SSSR count). The first-order valence-corrected chi connectivity index (χ1v) is 6.67. The first kappa shape index (κ1) is 12.1. The van der Waals surface area contributed by atoms with E-state index in [-0.39, 0.29) is 5.91 Å². The Kier molecular flexibility index (Phi) is 4.00. The zero-order valence-electron chi connectivity index (χ0n) is 8.58. The van der Waals surface area contributed by atoms with Gasteiger partial charge in [0.05, 0.1) is 12.2 Å². The normalized spacial score (nSPS) is 16.2. The second-order valence-electron chi connectivity index (χ2n) is 3.57. The maximum absolute atomic E-state index is 12.1. The van der Waals surface area contributed by atoms with Crippen LogP contribution in [0.4, 0.5) is 0 Å². The second-order valence-corrected chi connectivity index (χ2v) is 5.34. The van der Waals surface area contributed by atoms with Crippen LogP contribution in [0.15, 0.2) is 27.1 Å². The fourth-order valence-corrected chi connectivity index (χ4v) is 2.77. The molecule has 1 aromatic carbocycles. The van der Waals surface area contributed by atoms with E-state index in [0.717, 1.165) is 21.8 Å². The highest BCUT2D eigenvalue weighted by Crippen LogP contribution is 2.24. The minimum atomic E-state index is -0.0842. The number of nitrogens with zero attached hydrogens (tertiary/aromatic N) is 1. The van der Waals surface area contributed by atoms with E-state index in [9.17, 15) is 4.79 Å². The summed E-state index contributed by atoms with van der Waals surface area (Å²) in [4.78, 5) is 17.4. The van der Waals surface area contributed by atoms with Crippen LogP contribution in [0.1, 0.15) is 23.2 Å². The van der Waals surface area contributed by atoms with Gasteiger partial charge in [-0.3, -0.25) is 9.63 Å². The van der Waals surface area contributed by atoms with Gasteiger partial charge in [-0.05, 0) is 47.0 Å². The summed E-state index contributed by atoms with van der Waals surface area (Å²) in [5.41, 5.74) is 0.630. The van der Waals surface area contributed by atoms with Crippen LogP contribution in [0, 0.1) is 0 Å². The second kappa shape index (κ2) is 5.29. The van der Waals surface area contributed by atoms with Crippen molar-refractivity contribution in [1.82, 2.24) is 5.06 Å². The monoisotopic (exact) mass is 347 g/mol. The maximum atomic E-state index is 12.1. The van der Waals surface area contributed by atoms with Crippen LogP contribution in [0.3, 0.4) is 0 Å². The number of benzene rings is 1. The van der Waals surface area contributed by atoms with Crippen molar-refractivity contribution in [3.8, 4) is 0 Å². The van der Waals surface area contributed by atoms with Crippen LogP contribution >= 0.6 is 31.9 Å². The molecule has 1 saturated heterocycles. The lowest BCUT2D eigenvalue weighted by Crippen LogP contribution is -2.35. The largest absolute Gasteiger partial charge is 0.278 e. The highest BCUT2D eigenvalue weighted by molar-refractivity contribution is 9.11. The Morgan fingerprint density at radius 2 is 2.12 bits per heavy atom. The number of hydrogen-bond donors (Lipinski definition) is 0. The van der Waals surface area contributed by atoms with E-state index in [2.05, 4.69) is 31.9 Å². The van der Waals surface area contributed by atoms with Gasteiger partial charge in [-0.2, -0.15) is 0 Å². The Hall–Kier alpha value is -0.390. The number of amides is 1. The van der Waals surface area contributed by atoms with Gasteiger partial charge in [-0.25, -0.2) is 5.06 Å². The summed E-state index contributed by atoms with van der Waals surface area (Å²) in [6.45, 7) is 1.29. The van der Waals surface area contributed by atoms with Crippen LogP contribution < -0.4 is 0 Å². The summed E-state index contributed by atoms with van der Waals surface area (Å²) in [6.07, 6.45) is 2.02. The molecule has 1 heterocycles. The number of hydrogen-bond acceptors (Lipinski definition) is 2. The predicted molar refractivity (Wildman–Crippen MR) is 68.1 cm³/mol. The molecule has 1 fully saturated rings. The molecule has 0 radical (unpaired) electrons. The number of halogens is 2. The molecular weight excluding hydrogens is 338 g/mol. The van der Waals surface area contributed by atoms with Crippen molar-refractivity contribution in [3.05, 3.63) is 32.7 Å². The molecule has 0 spiro atoms. The zero-order valence-corrected chi connectivity index (χ0v) is 11.8. The lowest BCUT2D eigenvalue weighted by molar-refractivity contribution is -0.144. The SMILES string of the molecule is O=C(c1ccc(Br)cc1Br)N1CCCCO1. The highest BCUT2D eigenvalue weighted by Gasteiger charge is 2.21. The van der Waals surface area contributed by atoms with E-state index >= 15 is 0 Å². The van der Waals surface area contributed by atoms with Crippen molar-refractivity contribution in [1.29, 1.82) is 0 Å². The number of carbonyl (C=O) groups excluding carboxylic acids is 1. The van der Waals surface area contributed by atoms with Gasteiger partial charge in [0.1, 0.15) is 0 Å². The average molecular weight is 349 g/mol.